The van der Waals surface area contributed by atoms with Crippen LogP contribution in [0.1, 0.15) is 13.3 Å². The van der Waals surface area contributed by atoms with Crippen LogP contribution in [-0.2, 0) is 11.3 Å². The molecular formula is C17H21ClN4O3. The number of aromatic nitrogens is 2. The molecule has 25 heavy (non-hydrogen) atoms. The molecule has 0 atom stereocenters. The van der Waals surface area contributed by atoms with Gasteiger partial charge in [-0.05, 0) is 25.1 Å². The maximum atomic E-state index is 12.5. The molecule has 2 N–H and O–H groups in total. The van der Waals surface area contributed by atoms with E-state index in [9.17, 15) is 9.59 Å². The lowest BCUT2D eigenvalue weighted by Crippen LogP contribution is -2.36. The maximum Gasteiger partial charge on any atom is 0.297 e. The minimum Gasteiger partial charge on any atom is -0.448 e. The second-order valence-electron chi connectivity index (χ2n) is 5.55. The van der Waals surface area contributed by atoms with E-state index in [0.29, 0.717) is 24.2 Å². The third-order valence-corrected chi connectivity index (χ3v) is 3.72. The normalized spacial score (nSPS) is 10.8. The van der Waals surface area contributed by atoms with Gasteiger partial charge in [0.25, 0.3) is 5.56 Å². The Bertz CT molecular complexity index is 919. The Morgan fingerprint density at radius 2 is 2.04 bits per heavy atom. The molecule has 0 saturated heterocycles. The fourth-order valence-electron chi connectivity index (χ4n) is 2.53. The van der Waals surface area contributed by atoms with E-state index in [0.717, 1.165) is 18.4 Å². The summed E-state index contributed by atoms with van der Waals surface area (Å²) < 4.78 is 6.86. The van der Waals surface area contributed by atoms with Gasteiger partial charge in [-0.25, -0.2) is 4.98 Å². The van der Waals surface area contributed by atoms with E-state index in [4.69, 9.17) is 4.42 Å². The maximum absolute atomic E-state index is 12.5. The van der Waals surface area contributed by atoms with Crippen molar-refractivity contribution in [3.63, 3.8) is 0 Å². The first-order valence-corrected chi connectivity index (χ1v) is 8.05. The number of carbonyl (C=O) groups excluding carboxylic acids is 1. The number of nitrogens with one attached hydrogen (secondary N) is 2. The summed E-state index contributed by atoms with van der Waals surface area (Å²) in [5.74, 6) is -0.229. The molecule has 1 amide bonds. The fraction of sp³-hybridized carbons (Fsp3) is 0.353. The first-order valence-electron chi connectivity index (χ1n) is 8.05. The molecule has 0 aliphatic carbocycles. The minimum absolute atomic E-state index is 0. The van der Waals surface area contributed by atoms with E-state index in [1.165, 1.54) is 10.9 Å². The molecule has 0 bridgehead atoms. The Kier molecular flexibility index (Phi) is 6.55. The van der Waals surface area contributed by atoms with Gasteiger partial charge in [0.05, 0.1) is 6.33 Å². The van der Waals surface area contributed by atoms with Gasteiger partial charge in [-0.2, -0.15) is 0 Å². The van der Waals surface area contributed by atoms with Gasteiger partial charge < -0.3 is 15.1 Å². The molecular weight excluding hydrogens is 344 g/mol. The molecule has 3 aromatic rings. The van der Waals surface area contributed by atoms with Crippen LogP contribution in [0.5, 0.6) is 0 Å². The van der Waals surface area contributed by atoms with Crippen molar-refractivity contribution in [2.75, 3.05) is 19.6 Å². The largest absolute Gasteiger partial charge is 0.448 e. The van der Waals surface area contributed by atoms with Crippen LogP contribution in [-0.4, -0.2) is 35.1 Å². The number of hydrogen-bond acceptors (Lipinski definition) is 5. The van der Waals surface area contributed by atoms with E-state index < -0.39 is 0 Å². The van der Waals surface area contributed by atoms with E-state index in [-0.39, 0.29) is 36.0 Å². The van der Waals surface area contributed by atoms with Crippen LogP contribution in [0, 0.1) is 0 Å². The van der Waals surface area contributed by atoms with E-state index in [1.54, 1.807) is 6.07 Å². The van der Waals surface area contributed by atoms with Crippen LogP contribution >= 0.6 is 12.4 Å². The van der Waals surface area contributed by atoms with Gasteiger partial charge in [0.2, 0.25) is 11.5 Å². The van der Waals surface area contributed by atoms with Crippen LogP contribution in [0.25, 0.3) is 22.1 Å². The summed E-state index contributed by atoms with van der Waals surface area (Å²) in [5.41, 5.74) is 0.962. The molecule has 3 rings (SSSR count). The monoisotopic (exact) mass is 364 g/mol. The van der Waals surface area contributed by atoms with Crippen LogP contribution in [0.4, 0.5) is 0 Å². The van der Waals surface area contributed by atoms with Gasteiger partial charge in [-0.15, -0.1) is 12.4 Å². The van der Waals surface area contributed by atoms with Crippen molar-refractivity contribution in [1.29, 1.82) is 0 Å². The smallest absolute Gasteiger partial charge is 0.297 e. The Morgan fingerprint density at radius 3 is 2.84 bits per heavy atom. The highest BCUT2D eigenvalue weighted by Crippen LogP contribution is 2.23. The molecule has 0 aliphatic heterocycles. The van der Waals surface area contributed by atoms with Crippen molar-refractivity contribution in [1.82, 2.24) is 20.2 Å². The Morgan fingerprint density at radius 1 is 1.24 bits per heavy atom. The average molecular weight is 365 g/mol. The zero-order chi connectivity index (χ0) is 16.9. The van der Waals surface area contributed by atoms with Crippen molar-refractivity contribution in [3.8, 4) is 0 Å². The van der Waals surface area contributed by atoms with Gasteiger partial charge in [0.1, 0.15) is 17.6 Å². The third kappa shape index (κ3) is 4.18. The molecule has 0 fully saturated rings. The second-order valence-corrected chi connectivity index (χ2v) is 5.55. The predicted molar refractivity (Wildman–Crippen MR) is 99.2 cm³/mol. The van der Waals surface area contributed by atoms with Gasteiger partial charge in [-0.3, -0.25) is 14.2 Å². The highest BCUT2D eigenvalue weighted by atomic mass is 35.5. The van der Waals surface area contributed by atoms with Crippen LogP contribution in [0.2, 0.25) is 0 Å². The van der Waals surface area contributed by atoms with E-state index >= 15 is 0 Å². The summed E-state index contributed by atoms with van der Waals surface area (Å²) in [7, 11) is 0. The lowest BCUT2D eigenvalue weighted by Gasteiger charge is -2.07. The number of amides is 1. The number of para-hydroxylation sites is 1. The predicted octanol–water partition coefficient (Wildman–Crippen LogP) is 1.68. The Labute approximate surface area is 150 Å². The number of rotatable bonds is 7. The average Bonchev–Trinajstić information content (AvgIpc) is 2.97. The lowest BCUT2D eigenvalue weighted by molar-refractivity contribution is -0.121. The molecule has 1 aromatic carbocycles. The van der Waals surface area contributed by atoms with Crippen molar-refractivity contribution >= 4 is 40.4 Å². The van der Waals surface area contributed by atoms with Crippen LogP contribution in [0.15, 0.2) is 39.8 Å². The number of halogens is 1. The number of furan rings is 1. The molecule has 8 heteroatoms. The summed E-state index contributed by atoms with van der Waals surface area (Å²) in [4.78, 5) is 28.7. The molecule has 0 radical (unpaired) electrons. The number of nitrogens with zero attached hydrogens (tertiary/aromatic N) is 2. The van der Waals surface area contributed by atoms with Crippen molar-refractivity contribution in [2.24, 2.45) is 0 Å². The summed E-state index contributed by atoms with van der Waals surface area (Å²) in [6.45, 7) is 4.15. The first-order chi connectivity index (χ1) is 11.7. The third-order valence-electron chi connectivity index (χ3n) is 3.72. The molecule has 2 heterocycles. The molecule has 0 aliphatic rings. The number of benzene rings is 1. The quantitative estimate of drug-likeness (QED) is 0.623. The highest BCUT2D eigenvalue weighted by molar-refractivity contribution is 6.01. The van der Waals surface area contributed by atoms with Gasteiger partial charge in [-0.1, -0.05) is 19.1 Å². The van der Waals surface area contributed by atoms with Gasteiger partial charge in [0, 0.05) is 18.5 Å². The SMILES string of the molecule is CCCNCCNC(=O)Cn1cnc2c(oc3ccccc32)c1=O.Cl. The number of carbonyl (C=O) groups is 1. The summed E-state index contributed by atoms with van der Waals surface area (Å²) in [5, 5.41) is 6.76. The summed E-state index contributed by atoms with van der Waals surface area (Å²) in [6, 6.07) is 7.35. The molecule has 2 aromatic heterocycles. The first kappa shape index (κ1) is 19.0. The van der Waals surface area contributed by atoms with Crippen molar-refractivity contribution in [3.05, 3.63) is 40.9 Å². The molecule has 134 valence electrons. The Hall–Kier alpha value is -2.38. The number of fused-ring (bicyclic) bond motifs is 3. The van der Waals surface area contributed by atoms with Crippen molar-refractivity contribution < 1.29 is 9.21 Å². The molecule has 7 nitrogen and oxygen atoms in total. The second kappa shape index (κ2) is 8.64. The van der Waals surface area contributed by atoms with E-state index in [1.807, 2.05) is 18.2 Å². The zero-order valence-electron chi connectivity index (χ0n) is 13.9. The highest BCUT2D eigenvalue weighted by Gasteiger charge is 2.14. The molecule has 0 unspecified atom stereocenters. The van der Waals surface area contributed by atoms with Gasteiger partial charge in [0.15, 0.2) is 0 Å². The Balaban J connectivity index is 0.00000225. The lowest BCUT2D eigenvalue weighted by atomic mass is 10.2. The fourth-order valence-corrected chi connectivity index (χ4v) is 2.53. The topological polar surface area (TPSA) is 89.2 Å². The summed E-state index contributed by atoms with van der Waals surface area (Å²) in [6.07, 6.45) is 2.44. The zero-order valence-corrected chi connectivity index (χ0v) is 14.8. The van der Waals surface area contributed by atoms with Crippen molar-refractivity contribution in [2.45, 2.75) is 19.9 Å². The standard InChI is InChI=1S/C17H20N4O3.ClH/c1-2-7-18-8-9-19-14(22)10-21-11-20-15-12-5-3-4-6-13(12)24-16(15)17(21)23;/h3-6,11,18H,2,7-10H2,1H3,(H,19,22);1H. The molecule has 0 saturated carbocycles. The van der Waals surface area contributed by atoms with Crippen LogP contribution < -0.4 is 16.2 Å². The summed E-state index contributed by atoms with van der Waals surface area (Å²) >= 11 is 0. The van der Waals surface area contributed by atoms with Gasteiger partial charge >= 0.3 is 0 Å². The minimum atomic E-state index is -0.351. The van der Waals surface area contributed by atoms with Crippen LogP contribution in [0.3, 0.4) is 0 Å². The van der Waals surface area contributed by atoms with E-state index in [2.05, 4.69) is 22.5 Å². The molecule has 0 spiro atoms. The number of hydrogen-bond donors (Lipinski definition) is 2.